The fourth-order valence-corrected chi connectivity index (χ4v) is 2.53. The third-order valence-corrected chi connectivity index (χ3v) is 3.93. The van der Waals surface area contributed by atoms with E-state index in [0.29, 0.717) is 6.42 Å². The van der Waals surface area contributed by atoms with E-state index < -0.39 is 0 Å². The van der Waals surface area contributed by atoms with Crippen LogP contribution in [0.2, 0.25) is 0 Å². The van der Waals surface area contributed by atoms with Crippen LogP contribution in [0.3, 0.4) is 0 Å². The molecule has 0 spiro atoms. The molecular formula is C13H16O2S. The third kappa shape index (κ3) is 3.56. The van der Waals surface area contributed by atoms with Gasteiger partial charge in [-0.25, -0.2) is 0 Å². The smallest absolute Gasteiger partial charge is 0.309 e. The third-order valence-electron chi connectivity index (χ3n) is 2.68. The Hall–Kier alpha value is -0.960. The molecule has 0 atom stereocenters. The van der Waals surface area contributed by atoms with Gasteiger partial charge < -0.3 is 4.74 Å². The molecule has 86 valence electrons. The summed E-state index contributed by atoms with van der Waals surface area (Å²) in [5, 5.41) is 0. The van der Waals surface area contributed by atoms with Crippen molar-refractivity contribution in [2.24, 2.45) is 5.92 Å². The Morgan fingerprint density at radius 2 is 2.06 bits per heavy atom. The van der Waals surface area contributed by atoms with Crippen LogP contribution in [0.4, 0.5) is 0 Å². The number of ether oxygens (including phenoxy) is 1. The summed E-state index contributed by atoms with van der Waals surface area (Å²) in [5.74, 6) is 1.99. The molecule has 1 fully saturated rings. The van der Waals surface area contributed by atoms with Crippen LogP contribution in [0.25, 0.3) is 0 Å². The number of esters is 1. The van der Waals surface area contributed by atoms with Gasteiger partial charge in [0.1, 0.15) is 0 Å². The highest BCUT2D eigenvalue weighted by molar-refractivity contribution is 7.99. The van der Waals surface area contributed by atoms with Gasteiger partial charge in [0.15, 0.2) is 0 Å². The highest BCUT2D eigenvalue weighted by Crippen LogP contribution is 2.34. The number of thioether (sulfide) groups is 1. The largest absolute Gasteiger partial charge is 0.469 e. The maximum Gasteiger partial charge on any atom is 0.309 e. The second-order valence-corrected chi connectivity index (χ2v) is 5.24. The summed E-state index contributed by atoms with van der Waals surface area (Å²) in [5.41, 5.74) is 1.02. The number of carbonyl (C=O) groups is 1. The zero-order chi connectivity index (χ0) is 11.4. The van der Waals surface area contributed by atoms with Crippen LogP contribution < -0.4 is 0 Å². The molecule has 0 N–H and O–H groups in total. The Kier molecular flexibility index (Phi) is 3.88. The van der Waals surface area contributed by atoms with Crippen LogP contribution in [0.5, 0.6) is 0 Å². The first-order valence-corrected chi connectivity index (χ1v) is 6.55. The van der Waals surface area contributed by atoms with Crippen molar-refractivity contribution in [2.75, 3.05) is 12.9 Å². The standard InChI is InChI=1S/C13H16O2S/c1-15-13(14)8-10-4-6-12(7-5-10)16-9-11-2-3-11/h4-7,11H,2-3,8-9H2,1H3. The van der Waals surface area contributed by atoms with Gasteiger partial charge >= 0.3 is 5.97 Å². The molecule has 1 aromatic carbocycles. The van der Waals surface area contributed by atoms with E-state index in [-0.39, 0.29) is 5.97 Å². The summed E-state index contributed by atoms with van der Waals surface area (Å²) < 4.78 is 4.63. The molecule has 1 aromatic rings. The minimum absolute atomic E-state index is 0.182. The molecule has 0 unspecified atom stereocenters. The molecule has 0 aromatic heterocycles. The minimum Gasteiger partial charge on any atom is -0.469 e. The van der Waals surface area contributed by atoms with Gasteiger partial charge in [-0.3, -0.25) is 4.79 Å². The van der Waals surface area contributed by atoms with Gasteiger partial charge in [0, 0.05) is 10.6 Å². The molecule has 0 amide bonds. The molecule has 16 heavy (non-hydrogen) atoms. The molecule has 0 heterocycles. The zero-order valence-electron chi connectivity index (χ0n) is 9.44. The van der Waals surface area contributed by atoms with Gasteiger partial charge in [-0.15, -0.1) is 11.8 Å². The number of hydrogen-bond donors (Lipinski definition) is 0. The van der Waals surface area contributed by atoms with Crippen molar-refractivity contribution in [3.05, 3.63) is 29.8 Å². The lowest BCUT2D eigenvalue weighted by atomic mass is 10.2. The van der Waals surface area contributed by atoms with Crippen LogP contribution in [-0.2, 0) is 16.0 Å². The summed E-state index contributed by atoms with van der Waals surface area (Å²) in [6.07, 6.45) is 3.16. The molecule has 1 saturated carbocycles. The first-order valence-electron chi connectivity index (χ1n) is 5.56. The van der Waals surface area contributed by atoms with Gasteiger partial charge in [-0.1, -0.05) is 12.1 Å². The number of benzene rings is 1. The van der Waals surface area contributed by atoms with Gasteiger partial charge in [0.05, 0.1) is 13.5 Å². The molecule has 2 nitrogen and oxygen atoms in total. The van der Waals surface area contributed by atoms with Gasteiger partial charge in [-0.2, -0.15) is 0 Å². The minimum atomic E-state index is -0.182. The molecule has 0 aliphatic heterocycles. The van der Waals surface area contributed by atoms with E-state index in [4.69, 9.17) is 0 Å². The predicted molar refractivity (Wildman–Crippen MR) is 65.6 cm³/mol. The van der Waals surface area contributed by atoms with E-state index in [1.807, 2.05) is 23.9 Å². The van der Waals surface area contributed by atoms with Crippen molar-refractivity contribution in [3.63, 3.8) is 0 Å². The summed E-state index contributed by atoms with van der Waals surface area (Å²) in [6.45, 7) is 0. The average Bonchev–Trinajstić information content (AvgIpc) is 3.12. The molecule has 1 aliphatic rings. The fourth-order valence-electron chi connectivity index (χ4n) is 1.44. The average molecular weight is 236 g/mol. The Morgan fingerprint density at radius 1 is 1.38 bits per heavy atom. The molecule has 0 radical (unpaired) electrons. The van der Waals surface area contributed by atoms with Crippen molar-refractivity contribution in [1.29, 1.82) is 0 Å². The second-order valence-electron chi connectivity index (χ2n) is 4.15. The predicted octanol–water partition coefficient (Wildman–Crippen LogP) is 2.90. The number of methoxy groups -OCH3 is 1. The van der Waals surface area contributed by atoms with Crippen molar-refractivity contribution < 1.29 is 9.53 Å². The van der Waals surface area contributed by atoms with Crippen molar-refractivity contribution in [1.82, 2.24) is 0 Å². The zero-order valence-corrected chi connectivity index (χ0v) is 10.3. The number of carbonyl (C=O) groups excluding carboxylic acids is 1. The maximum absolute atomic E-state index is 11.1. The molecule has 0 saturated heterocycles. The normalized spacial score (nSPS) is 14.8. The van der Waals surface area contributed by atoms with Crippen LogP contribution in [0, 0.1) is 5.92 Å². The van der Waals surface area contributed by atoms with Gasteiger partial charge in [0.2, 0.25) is 0 Å². The highest BCUT2D eigenvalue weighted by atomic mass is 32.2. The van der Waals surface area contributed by atoms with Crippen LogP contribution in [0.1, 0.15) is 18.4 Å². The summed E-state index contributed by atoms with van der Waals surface area (Å²) in [6, 6.07) is 8.19. The molecule has 3 heteroatoms. The second kappa shape index (κ2) is 5.39. The van der Waals surface area contributed by atoms with E-state index in [0.717, 1.165) is 11.5 Å². The van der Waals surface area contributed by atoms with E-state index in [2.05, 4.69) is 16.9 Å². The maximum atomic E-state index is 11.1. The Balaban J connectivity index is 1.85. The molecular weight excluding hydrogens is 220 g/mol. The lowest BCUT2D eigenvalue weighted by Gasteiger charge is -2.03. The lowest BCUT2D eigenvalue weighted by Crippen LogP contribution is -2.03. The van der Waals surface area contributed by atoms with E-state index in [1.165, 1.54) is 30.6 Å². The van der Waals surface area contributed by atoms with E-state index in [1.54, 1.807) is 0 Å². The van der Waals surface area contributed by atoms with E-state index >= 15 is 0 Å². The summed E-state index contributed by atoms with van der Waals surface area (Å²) in [4.78, 5) is 12.4. The molecule has 2 rings (SSSR count). The van der Waals surface area contributed by atoms with E-state index in [9.17, 15) is 4.79 Å². The molecule has 0 bridgehead atoms. The summed E-state index contributed by atoms with van der Waals surface area (Å²) >= 11 is 1.91. The number of hydrogen-bond acceptors (Lipinski definition) is 3. The van der Waals surface area contributed by atoms with Gasteiger partial charge in [0.25, 0.3) is 0 Å². The first-order chi connectivity index (χ1) is 7.78. The van der Waals surface area contributed by atoms with Crippen molar-refractivity contribution in [2.45, 2.75) is 24.2 Å². The highest BCUT2D eigenvalue weighted by Gasteiger charge is 2.20. The monoisotopic (exact) mass is 236 g/mol. The lowest BCUT2D eigenvalue weighted by molar-refractivity contribution is -0.139. The quantitative estimate of drug-likeness (QED) is 0.581. The summed E-state index contributed by atoms with van der Waals surface area (Å²) in [7, 11) is 1.42. The van der Waals surface area contributed by atoms with Crippen molar-refractivity contribution in [3.8, 4) is 0 Å². The molecule has 1 aliphatic carbocycles. The Labute approximate surface area is 100 Å². The van der Waals surface area contributed by atoms with Crippen LogP contribution in [0.15, 0.2) is 29.2 Å². The van der Waals surface area contributed by atoms with Gasteiger partial charge in [-0.05, 0) is 36.5 Å². The number of rotatable bonds is 5. The van der Waals surface area contributed by atoms with Crippen LogP contribution in [-0.4, -0.2) is 18.8 Å². The topological polar surface area (TPSA) is 26.3 Å². The fraction of sp³-hybridized carbons (Fsp3) is 0.462. The van der Waals surface area contributed by atoms with Crippen molar-refractivity contribution >= 4 is 17.7 Å². The first kappa shape index (κ1) is 11.5. The Morgan fingerprint density at radius 3 is 2.62 bits per heavy atom. The SMILES string of the molecule is COC(=O)Cc1ccc(SCC2CC2)cc1. The van der Waals surface area contributed by atoms with Crippen LogP contribution >= 0.6 is 11.8 Å². The Bertz CT molecular complexity index is 355.